The first-order chi connectivity index (χ1) is 18.0. The van der Waals surface area contributed by atoms with Gasteiger partial charge in [0.15, 0.2) is 0 Å². The van der Waals surface area contributed by atoms with Crippen LogP contribution in [0.4, 0.5) is 5.69 Å². The molecule has 2 amide bonds. The number of rotatable bonds is 11. The van der Waals surface area contributed by atoms with Crippen LogP contribution in [0.3, 0.4) is 0 Å². The van der Waals surface area contributed by atoms with Gasteiger partial charge in [-0.1, -0.05) is 72.1 Å². The molecular formula is C28H31Cl2N3O4S. The van der Waals surface area contributed by atoms with Crippen molar-refractivity contribution in [1.29, 1.82) is 0 Å². The number of nitrogens with zero attached hydrogens (tertiary/aromatic N) is 2. The molecule has 202 valence electrons. The van der Waals surface area contributed by atoms with Crippen LogP contribution in [-0.2, 0) is 26.2 Å². The van der Waals surface area contributed by atoms with Crippen LogP contribution in [0.15, 0.2) is 77.7 Å². The van der Waals surface area contributed by atoms with Gasteiger partial charge < -0.3 is 10.2 Å². The van der Waals surface area contributed by atoms with Crippen molar-refractivity contribution in [2.45, 2.75) is 44.7 Å². The summed E-state index contributed by atoms with van der Waals surface area (Å²) in [6.07, 6.45) is 0.732. The van der Waals surface area contributed by atoms with Gasteiger partial charge in [-0.25, -0.2) is 8.42 Å². The highest BCUT2D eigenvalue weighted by atomic mass is 35.5. The molecule has 3 rings (SSSR count). The first-order valence-corrected chi connectivity index (χ1v) is 14.4. The van der Waals surface area contributed by atoms with Crippen LogP contribution in [0.1, 0.15) is 31.4 Å². The van der Waals surface area contributed by atoms with E-state index in [1.165, 1.54) is 17.0 Å². The quantitative estimate of drug-likeness (QED) is 0.330. The molecule has 38 heavy (non-hydrogen) atoms. The van der Waals surface area contributed by atoms with Crippen LogP contribution in [-0.4, -0.2) is 44.3 Å². The second-order valence-electron chi connectivity index (χ2n) is 8.90. The van der Waals surface area contributed by atoms with E-state index in [2.05, 4.69) is 5.32 Å². The van der Waals surface area contributed by atoms with E-state index in [4.69, 9.17) is 23.2 Å². The average Bonchev–Trinajstić information content (AvgIpc) is 2.91. The summed E-state index contributed by atoms with van der Waals surface area (Å²) in [5.74, 6) is -0.886. The monoisotopic (exact) mass is 575 g/mol. The first kappa shape index (κ1) is 29.5. The maximum atomic E-state index is 13.8. The lowest BCUT2D eigenvalue weighted by Crippen LogP contribution is -2.51. The number of amides is 2. The lowest BCUT2D eigenvalue weighted by molar-refractivity contribution is -0.139. The second kappa shape index (κ2) is 13.1. The fourth-order valence-corrected chi connectivity index (χ4v) is 5.51. The smallest absolute Gasteiger partial charge is 0.264 e. The minimum absolute atomic E-state index is 0.0314. The summed E-state index contributed by atoms with van der Waals surface area (Å²) >= 11 is 12.2. The van der Waals surface area contributed by atoms with Crippen LogP contribution in [0.2, 0.25) is 10.0 Å². The van der Waals surface area contributed by atoms with Crippen LogP contribution < -0.4 is 9.62 Å². The number of halogens is 2. The van der Waals surface area contributed by atoms with Crippen molar-refractivity contribution in [3.63, 3.8) is 0 Å². The fraction of sp³-hybridized carbons (Fsp3) is 0.286. The Morgan fingerprint density at radius 2 is 1.61 bits per heavy atom. The lowest BCUT2D eigenvalue weighted by Gasteiger charge is -2.32. The van der Waals surface area contributed by atoms with Gasteiger partial charge in [-0.05, 0) is 62.2 Å². The molecule has 0 aliphatic heterocycles. The Kier molecular flexibility index (Phi) is 10.2. The maximum Gasteiger partial charge on any atom is 0.264 e. The van der Waals surface area contributed by atoms with E-state index in [1.807, 2.05) is 13.8 Å². The largest absolute Gasteiger partial charge is 0.354 e. The topological polar surface area (TPSA) is 86.8 Å². The summed E-state index contributed by atoms with van der Waals surface area (Å²) in [4.78, 5) is 28.1. The van der Waals surface area contributed by atoms with E-state index in [1.54, 1.807) is 67.6 Å². The van der Waals surface area contributed by atoms with E-state index >= 15 is 0 Å². The number of carbonyl (C=O) groups excluding carboxylic acids is 2. The molecule has 0 aliphatic carbocycles. The van der Waals surface area contributed by atoms with Gasteiger partial charge >= 0.3 is 0 Å². The van der Waals surface area contributed by atoms with E-state index in [0.29, 0.717) is 27.8 Å². The van der Waals surface area contributed by atoms with Crippen LogP contribution in [0.25, 0.3) is 0 Å². The third-order valence-electron chi connectivity index (χ3n) is 5.99. The Labute approximate surface area is 234 Å². The molecule has 3 aromatic rings. The Morgan fingerprint density at radius 1 is 0.947 bits per heavy atom. The second-order valence-corrected chi connectivity index (χ2v) is 11.6. The van der Waals surface area contributed by atoms with Crippen molar-refractivity contribution in [3.05, 3.63) is 94.0 Å². The summed E-state index contributed by atoms with van der Waals surface area (Å²) in [5, 5.41) is 3.48. The zero-order valence-corrected chi connectivity index (χ0v) is 23.9. The number of para-hydroxylation sites is 1. The maximum absolute atomic E-state index is 13.8. The van der Waals surface area contributed by atoms with Gasteiger partial charge in [0.1, 0.15) is 12.6 Å². The summed E-state index contributed by atoms with van der Waals surface area (Å²) in [7, 11) is -4.10. The van der Waals surface area contributed by atoms with E-state index in [0.717, 1.165) is 16.3 Å². The molecule has 0 fully saturated rings. The number of anilines is 1. The summed E-state index contributed by atoms with van der Waals surface area (Å²) in [6.45, 7) is 5.38. The van der Waals surface area contributed by atoms with Gasteiger partial charge in [-0.2, -0.15) is 0 Å². The van der Waals surface area contributed by atoms with Crippen LogP contribution >= 0.6 is 23.2 Å². The third kappa shape index (κ3) is 7.28. The van der Waals surface area contributed by atoms with E-state index in [-0.39, 0.29) is 17.3 Å². The Hall–Kier alpha value is -3.07. The molecule has 7 nitrogen and oxygen atoms in total. The lowest BCUT2D eigenvalue weighted by atomic mass is 10.1. The van der Waals surface area contributed by atoms with Crippen molar-refractivity contribution >= 4 is 50.7 Å². The molecular weight excluding hydrogens is 545 g/mol. The van der Waals surface area contributed by atoms with Crippen LogP contribution in [0, 0.1) is 6.92 Å². The minimum atomic E-state index is -4.10. The van der Waals surface area contributed by atoms with Crippen molar-refractivity contribution in [2.75, 3.05) is 17.4 Å². The normalized spacial score (nSPS) is 12.0. The van der Waals surface area contributed by atoms with Gasteiger partial charge in [0.05, 0.1) is 20.6 Å². The first-order valence-electron chi connectivity index (χ1n) is 12.2. The Morgan fingerprint density at radius 3 is 2.21 bits per heavy atom. The summed E-state index contributed by atoms with van der Waals surface area (Å²) in [5.41, 5.74) is 1.89. The van der Waals surface area contributed by atoms with Crippen molar-refractivity contribution < 1.29 is 18.0 Å². The van der Waals surface area contributed by atoms with E-state index < -0.39 is 28.5 Å². The fourth-order valence-electron chi connectivity index (χ4n) is 3.77. The molecule has 10 heteroatoms. The SMILES string of the molecule is CCCNC(=O)[C@H](C)N(Cc1ccc(Cl)c(Cl)c1)C(=O)CN(c1ccccc1)S(=O)(=O)c1ccc(C)cc1. The molecule has 0 bridgehead atoms. The van der Waals surface area contributed by atoms with Gasteiger partial charge in [-0.15, -0.1) is 0 Å². The molecule has 1 atom stereocenters. The Balaban J connectivity index is 2.00. The molecule has 0 heterocycles. The van der Waals surface area contributed by atoms with Gasteiger partial charge in [-0.3, -0.25) is 13.9 Å². The van der Waals surface area contributed by atoms with Crippen molar-refractivity contribution in [1.82, 2.24) is 10.2 Å². The molecule has 0 aromatic heterocycles. The van der Waals surface area contributed by atoms with E-state index in [9.17, 15) is 18.0 Å². The Bertz CT molecular complexity index is 1370. The zero-order chi connectivity index (χ0) is 27.9. The predicted octanol–water partition coefficient (Wildman–Crippen LogP) is 5.44. The third-order valence-corrected chi connectivity index (χ3v) is 8.51. The van der Waals surface area contributed by atoms with Crippen molar-refractivity contribution in [2.24, 2.45) is 0 Å². The minimum Gasteiger partial charge on any atom is -0.354 e. The summed E-state index contributed by atoms with van der Waals surface area (Å²) in [6, 6.07) is 18.9. The van der Waals surface area contributed by atoms with Gasteiger partial charge in [0.25, 0.3) is 10.0 Å². The number of hydrogen-bond acceptors (Lipinski definition) is 4. The number of nitrogens with one attached hydrogen (secondary N) is 1. The molecule has 0 saturated heterocycles. The van der Waals surface area contributed by atoms with Crippen molar-refractivity contribution in [3.8, 4) is 0 Å². The number of benzene rings is 3. The average molecular weight is 577 g/mol. The van der Waals surface area contributed by atoms with Gasteiger partial charge in [0.2, 0.25) is 11.8 Å². The standard InChI is InChI=1S/C28H31Cl2N3O4S/c1-4-16-31-28(35)21(3)32(18-22-12-15-25(29)26(30)17-22)27(34)19-33(23-8-6-5-7-9-23)38(36,37)24-13-10-20(2)11-14-24/h5-15,17,21H,4,16,18-19H2,1-3H3,(H,31,35)/t21-/m0/s1. The zero-order valence-electron chi connectivity index (χ0n) is 21.5. The molecule has 0 aliphatic rings. The predicted molar refractivity (Wildman–Crippen MR) is 152 cm³/mol. The highest BCUT2D eigenvalue weighted by molar-refractivity contribution is 7.92. The number of aryl methyl sites for hydroxylation is 1. The number of carbonyl (C=O) groups is 2. The summed E-state index contributed by atoms with van der Waals surface area (Å²) < 4.78 is 28.5. The number of sulfonamides is 1. The molecule has 3 aromatic carbocycles. The molecule has 1 N–H and O–H groups in total. The number of hydrogen-bond donors (Lipinski definition) is 1. The molecule has 0 spiro atoms. The van der Waals surface area contributed by atoms with Crippen LogP contribution in [0.5, 0.6) is 0 Å². The molecule has 0 radical (unpaired) electrons. The molecule has 0 unspecified atom stereocenters. The highest BCUT2D eigenvalue weighted by Gasteiger charge is 2.32. The molecule has 0 saturated carbocycles. The van der Waals surface area contributed by atoms with Gasteiger partial charge in [0, 0.05) is 13.1 Å². The highest BCUT2D eigenvalue weighted by Crippen LogP contribution is 2.26.